The molecule has 166 valence electrons. The Labute approximate surface area is 198 Å². The van der Waals surface area contributed by atoms with E-state index in [2.05, 4.69) is 35.4 Å². The molecular formula is C26H27ClN2O2S. The van der Waals surface area contributed by atoms with Crippen LogP contribution in [0.2, 0.25) is 5.02 Å². The molecule has 0 aliphatic rings. The SMILES string of the molecule is CC(Oc1cccc2occc12)C(CNCc1cccnc1)CSCc1ccc(Cl)cc1. The highest BCUT2D eigenvalue weighted by atomic mass is 35.5. The summed E-state index contributed by atoms with van der Waals surface area (Å²) < 4.78 is 12.0. The first kappa shape index (κ1) is 22.7. The van der Waals surface area contributed by atoms with Gasteiger partial charge in [-0.05, 0) is 54.4 Å². The van der Waals surface area contributed by atoms with Crippen molar-refractivity contribution in [2.45, 2.75) is 25.3 Å². The normalized spacial score (nSPS) is 13.2. The fraction of sp³-hybridized carbons (Fsp3) is 0.269. The molecule has 4 aromatic rings. The van der Waals surface area contributed by atoms with Crippen LogP contribution in [0, 0.1) is 5.92 Å². The van der Waals surface area contributed by atoms with Crippen LogP contribution in [0.15, 0.2) is 83.7 Å². The molecule has 2 heterocycles. The van der Waals surface area contributed by atoms with Crippen LogP contribution in [-0.4, -0.2) is 23.4 Å². The fourth-order valence-electron chi connectivity index (χ4n) is 3.54. The van der Waals surface area contributed by atoms with Crippen molar-refractivity contribution >= 4 is 34.3 Å². The molecule has 0 bridgehead atoms. The van der Waals surface area contributed by atoms with Gasteiger partial charge in [0.25, 0.3) is 0 Å². The molecule has 2 unspecified atom stereocenters. The number of hydrogen-bond donors (Lipinski definition) is 1. The van der Waals surface area contributed by atoms with Crippen LogP contribution in [0.25, 0.3) is 11.0 Å². The first-order valence-corrected chi connectivity index (χ1v) is 12.3. The Balaban J connectivity index is 1.39. The average Bonchev–Trinajstić information content (AvgIpc) is 3.30. The number of nitrogens with one attached hydrogen (secondary N) is 1. The summed E-state index contributed by atoms with van der Waals surface area (Å²) in [5.41, 5.74) is 3.30. The van der Waals surface area contributed by atoms with E-state index in [9.17, 15) is 0 Å². The number of furan rings is 1. The molecule has 1 N–H and O–H groups in total. The third-order valence-electron chi connectivity index (χ3n) is 5.40. The number of ether oxygens (including phenoxy) is 1. The molecule has 2 aromatic heterocycles. The second kappa shape index (κ2) is 11.4. The second-order valence-electron chi connectivity index (χ2n) is 7.81. The maximum absolute atomic E-state index is 6.43. The van der Waals surface area contributed by atoms with E-state index in [1.165, 1.54) is 11.1 Å². The van der Waals surface area contributed by atoms with Gasteiger partial charge >= 0.3 is 0 Å². The number of aromatic nitrogens is 1. The van der Waals surface area contributed by atoms with Crippen LogP contribution < -0.4 is 10.1 Å². The molecule has 0 aliphatic carbocycles. The second-order valence-corrected chi connectivity index (χ2v) is 9.27. The van der Waals surface area contributed by atoms with E-state index in [1.807, 2.05) is 60.4 Å². The van der Waals surface area contributed by atoms with Gasteiger partial charge in [0.2, 0.25) is 0 Å². The lowest BCUT2D eigenvalue weighted by Gasteiger charge is -2.25. The third kappa shape index (κ3) is 6.28. The molecule has 0 amide bonds. The van der Waals surface area contributed by atoms with Gasteiger partial charge < -0.3 is 14.5 Å². The van der Waals surface area contributed by atoms with E-state index in [1.54, 1.807) is 12.5 Å². The zero-order chi connectivity index (χ0) is 22.2. The molecule has 2 atom stereocenters. The molecule has 0 spiro atoms. The van der Waals surface area contributed by atoms with Gasteiger partial charge in [0.15, 0.2) is 0 Å². The summed E-state index contributed by atoms with van der Waals surface area (Å²) in [6.07, 6.45) is 5.44. The molecule has 4 rings (SSSR count). The molecule has 32 heavy (non-hydrogen) atoms. The lowest BCUT2D eigenvalue weighted by atomic mass is 10.1. The number of pyridine rings is 1. The van der Waals surface area contributed by atoms with Gasteiger partial charge in [-0.25, -0.2) is 0 Å². The smallest absolute Gasteiger partial charge is 0.137 e. The lowest BCUT2D eigenvalue weighted by Crippen LogP contribution is -2.35. The Kier molecular flexibility index (Phi) is 8.10. The van der Waals surface area contributed by atoms with Gasteiger partial charge in [-0.2, -0.15) is 11.8 Å². The van der Waals surface area contributed by atoms with E-state index in [4.69, 9.17) is 20.8 Å². The minimum absolute atomic E-state index is 0.0367. The number of halogens is 1. The Morgan fingerprint density at radius 1 is 1.06 bits per heavy atom. The van der Waals surface area contributed by atoms with Crippen molar-refractivity contribution < 1.29 is 9.15 Å². The summed E-state index contributed by atoms with van der Waals surface area (Å²) in [6.45, 7) is 3.79. The number of hydrogen-bond acceptors (Lipinski definition) is 5. The number of fused-ring (bicyclic) bond motifs is 1. The van der Waals surface area contributed by atoms with Crippen molar-refractivity contribution in [1.29, 1.82) is 0 Å². The molecule has 0 aliphatic heterocycles. The van der Waals surface area contributed by atoms with Gasteiger partial charge in [-0.1, -0.05) is 35.9 Å². The summed E-state index contributed by atoms with van der Waals surface area (Å²) in [4.78, 5) is 4.20. The predicted octanol–water partition coefficient (Wildman–Crippen LogP) is 6.59. The van der Waals surface area contributed by atoms with E-state index in [-0.39, 0.29) is 6.10 Å². The zero-order valence-electron chi connectivity index (χ0n) is 18.0. The van der Waals surface area contributed by atoms with Gasteiger partial charge in [-0.3, -0.25) is 4.98 Å². The number of thioether (sulfide) groups is 1. The van der Waals surface area contributed by atoms with E-state index < -0.39 is 0 Å². The third-order valence-corrected chi connectivity index (χ3v) is 6.86. The van der Waals surface area contributed by atoms with E-state index >= 15 is 0 Å². The number of nitrogens with zero attached hydrogens (tertiary/aromatic N) is 1. The average molecular weight is 467 g/mol. The largest absolute Gasteiger partial charge is 0.490 e. The topological polar surface area (TPSA) is 47.3 Å². The Morgan fingerprint density at radius 2 is 1.94 bits per heavy atom. The number of benzene rings is 2. The molecule has 0 saturated carbocycles. The number of rotatable bonds is 11. The molecule has 0 saturated heterocycles. The fourth-order valence-corrected chi connectivity index (χ4v) is 4.90. The van der Waals surface area contributed by atoms with Crippen molar-refractivity contribution in [2.24, 2.45) is 5.92 Å². The first-order valence-electron chi connectivity index (χ1n) is 10.7. The van der Waals surface area contributed by atoms with Gasteiger partial charge in [0, 0.05) is 47.9 Å². The molecule has 6 heteroatoms. The van der Waals surface area contributed by atoms with Crippen LogP contribution in [0.4, 0.5) is 0 Å². The van der Waals surface area contributed by atoms with Crippen molar-refractivity contribution in [2.75, 3.05) is 12.3 Å². The highest BCUT2D eigenvalue weighted by Crippen LogP contribution is 2.29. The maximum atomic E-state index is 6.43. The van der Waals surface area contributed by atoms with Crippen molar-refractivity contribution in [1.82, 2.24) is 10.3 Å². The Morgan fingerprint density at radius 3 is 2.75 bits per heavy atom. The monoisotopic (exact) mass is 466 g/mol. The predicted molar refractivity (Wildman–Crippen MR) is 133 cm³/mol. The van der Waals surface area contributed by atoms with Crippen LogP contribution in [0.1, 0.15) is 18.1 Å². The van der Waals surface area contributed by atoms with Gasteiger partial charge in [-0.15, -0.1) is 0 Å². The summed E-state index contributed by atoms with van der Waals surface area (Å²) in [7, 11) is 0. The van der Waals surface area contributed by atoms with Crippen molar-refractivity contribution in [3.63, 3.8) is 0 Å². The molecular weight excluding hydrogens is 440 g/mol. The van der Waals surface area contributed by atoms with Crippen LogP contribution in [0.3, 0.4) is 0 Å². The molecule has 2 aromatic carbocycles. The minimum atomic E-state index is 0.0367. The zero-order valence-corrected chi connectivity index (χ0v) is 19.6. The van der Waals surface area contributed by atoms with Crippen LogP contribution in [0.5, 0.6) is 5.75 Å². The standard InChI is InChI=1S/C26H27ClN2O2S/c1-19(31-26-6-2-5-25-24(26)11-13-30-25)22(16-29-15-21-4-3-12-28-14-21)18-32-17-20-7-9-23(27)10-8-20/h2-14,19,22,29H,15-18H2,1H3. The van der Waals surface area contributed by atoms with Crippen LogP contribution >= 0.6 is 23.4 Å². The molecule has 0 fully saturated rings. The van der Waals surface area contributed by atoms with Gasteiger partial charge in [0.1, 0.15) is 17.4 Å². The Hall–Kier alpha value is -2.47. The highest BCUT2D eigenvalue weighted by Gasteiger charge is 2.20. The molecule has 4 nitrogen and oxygen atoms in total. The maximum Gasteiger partial charge on any atom is 0.137 e. The summed E-state index contributed by atoms with van der Waals surface area (Å²) in [6, 6.07) is 20.0. The highest BCUT2D eigenvalue weighted by molar-refractivity contribution is 7.98. The van der Waals surface area contributed by atoms with Crippen LogP contribution in [-0.2, 0) is 12.3 Å². The summed E-state index contributed by atoms with van der Waals surface area (Å²) >= 11 is 7.93. The van der Waals surface area contributed by atoms with E-state index in [0.29, 0.717) is 5.92 Å². The first-order chi connectivity index (χ1) is 15.7. The van der Waals surface area contributed by atoms with E-state index in [0.717, 1.165) is 46.3 Å². The minimum Gasteiger partial charge on any atom is -0.490 e. The van der Waals surface area contributed by atoms with Crippen molar-refractivity contribution in [3.8, 4) is 5.75 Å². The lowest BCUT2D eigenvalue weighted by molar-refractivity contribution is 0.163. The summed E-state index contributed by atoms with van der Waals surface area (Å²) in [5.74, 6) is 3.11. The summed E-state index contributed by atoms with van der Waals surface area (Å²) in [5, 5.41) is 5.37. The van der Waals surface area contributed by atoms with Crippen molar-refractivity contribution in [3.05, 3.63) is 95.5 Å². The van der Waals surface area contributed by atoms with Gasteiger partial charge in [0.05, 0.1) is 11.6 Å². The quantitative estimate of drug-likeness (QED) is 0.270. The Bertz CT molecular complexity index is 1100. The molecule has 0 radical (unpaired) electrons.